The average Bonchev–Trinajstić information content (AvgIpc) is 2.89. The van der Waals surface area contributed by atoms with Gasteiger partial charge in [0.25, 0.3) is 0 Å². The lowest BCUT2D eigenvalue weighted by molar-refractivity contribution is 0.288. The maximum atomic E-state index is 15.0. The zero-order valence-corrected chi connectivity index (χ0v) is 21.1. The molecule has 1 fully saturated rings. The van der Waals surface area contributed by atoms with Gasteiger partial charge >= 0.3 is 0 Å². The van der Waals surface area contributed by atoms with E-state index in [4.69, 9.17) is 4.74 Å². The highest BCUT2D eigenvalue weighted by molar-refractivity contribution is 5.65. The number of hydrogen-bond acceptors (Lipinski definition) is 1. The Balaban J connectivity index is 1.42. The molecule has 0 spiro atoms. The number of rotatable bonds is 9. The van der Waals surface area contributed by atoms with Crippen LogP contribution < -0.4 is 4.74 Å². The van der Waals surface area contributed by atoms with Crippen LogP contribution in [0.3, 0.4) is 0 Å². The van der Waals surface area contributed by atoms with Gasteiger partial charge in [0.2, 0.25) is 5.82 Å². The van der Waals surface area contributed by atoms with E-state index in [0.29, 0.717) is 36.5 Å². The number of hydrogen-bond donors (Lipinski definition) is 0. The normalized spacial score (nSPS) is 17.8. The molecule has 0 radical (unpaired) electrons. The number of ether oxygens (including phenoxy) is 1. The van der Waals surface area contributed by atoms with Crippen molar-refractivity contribution in [3.63, 3.8) is 0 Å². The highest BCUT2D eigenvalue weighted by Crippen LogP contribution is 2.38. The Morgan fingerprint density at radius 3 is 2.17 bits per heavy atom. The van der Waals surface area contributed by atoms with E-state index in [9.17, 15) is 17.6 Å². The van der Waals surface area contributed by atoms with Gasteiger partial charge in [-0.25, -0.2) is 13.2 Å². The largest absolute Gasteiger partial charge is 0.490 e. The predicted molar refractivity (Wildman–Crippen MR) is 136 cm³/mol. The van der Waals surface area contributed by atoms with Crippen LogP contribution in [0.4, 0.5) is 17.6 Å². The van der Waals surface area contributed by atoms with Crippen molar-refractivity contribution >= 4 is 0 Å². The molecule has 3 aromatic rings. The lowest BCUT2D eigenvalue weighted by Gasteiger charge is -2.27. The van der Waals surface area contributed by atoms with Crippen molar-refractivity contribution in [2.75, 3.05) is 6.61 Å². The molecule has 0 aromatic heterocycles. The molecule has 5 heteroatoms. The van der Waals surface area contributed by atoms with Gasteiger partial charge in [-0.1, -0.05) is 75.6 Å². The van der Waals surface area contributed by atoms with E-state index in [1.807, 2.05) is 19.1 Å². The first-order chi connectivity index (χ1) is 17.4. The molecule has 0 heterocycles. The summed E-state index contributed by atoms with van der Waals surface area (Å²) in [4.78, 5) is 0. The van der Waals surface area contributed by atoms with Crippen molar-refractivity contribution in [2.24, 2.45) is 5.92 Å². The van der Waals surface area contributed by atoms with Gasteiger partial charge in [0.15, 0.2) is 23.2 Å². The van der Waals surface area contributed by atoms with Crippen LogP contribution in [0, 0.1) is 29.2 Å². The summed E-state index contributed by atoms with van der Waals surface area (Å²) in [6, 6.07) is 13.6. The van der Waals surface area contributed by atoms with Crippen LogP contribution in [0.2, 0.25) is 0 Å². The molecule has 1 nitrogen and oxygen atoms in total. The smallest absolute Gasteiger partial charge is 0.200 e. The molecule has 0 aliphatic heterocycles. The number of benzene rings is 3. The second kappa shape index (κ2) is 11.9. The fraction of sp³-hybridized carbons (Fsp3) is 0.419. The second-order valence-electron chi connectivity index (χ2n) is 10.0. The van der Waals surface area contributed by atoms with Crippen molar-refractivity contribution in [2.45, 2.75) is 71.1 Å². The fourth-order valence-electron chi connectivity index (χ4n) is 5.01. The third-order valence-corrected chi connectivity index (χ3v) is 7.40. The van der Waals surface area contributed by atoms with E-state index in [2.05, 4.69) is 6.92 Å². The molecular formula is C31H34F4O. The quantitative estimate of drug-likeness (QED) is 0.211. The van der Waals surface area contributed by atoms with E-state index in [1.165, 1.54) is 6.07 Å². The van der Waals surface area contributed by atoms with Crippen LogP contribution in [0.1, 0.15) is 75.0 Å². The van der Waals surface area contributed by atoms with E-state index < -0.39 is 23.3 Å². The average molecular weight is 499 g/mol. The Hall–Kier alpha value is -2.82. The summed E-state index contributed by atoms with van der Waals surface area (Å²) in [5, 5.41) is 0. The molecule has 0 atom stereocenters. The van der Waals surface area contributed by atoms with Crippen LogP contribution in [0.15, 0.2) is 48.5 Å². The molecule has 36 heavy (non-hydrogen) atoms. The minimum Gasteiger partial charge on any atom is -0.490 e. The van der Waals surface area contributed by atoms with Gasteiger partial charge in [0.1, 0.15) is 0 Å². The molecule has 0 amide bonds. The van der Waals surface area contributed by atoms with Gasteiger partial charge in [-0.2, -0.15) is 4.39 Å². The summed E-state index contributed by atoms with van der Waals surface area (Å²) in [7, 11) is 0. The maximum Gasteiger partial charge on any atom is 0.200 e. The van der Waals surface area contributed by atoms with Crippen molar-refractivity contribution in [1.82, 2.24) is 0 Å². The molecule has 1 aliphatic carbocycles. The monoisotopic (exact) mass is 498 g/mol. The van der Waals surface area contributed by atoms with Crippen molar-refractivity contribution < 1.29 is 22.3 Å². The zero-order valence-electron chi connectivity index (χ0n) is 21.1. The summed E-state index contributed by atoms with van der Waals surface area (Å²) < 4.78 is 64.1. The Kier molecular flexibility index (Phi) is 8.71. The van der Waals surface area contributed by atoms with Crippen molar-refractivity contribution in [3.8, 4) is 16.9 Å². The van der Waals surface area contributed by atoms with E-state index in [-0.39, 0.29) is 22.8 Å². The lowest BCUT2D eigenvalue weighted by Crippen LogP contribution is -2.13. The van der Waals surface area contributed by atoms with E-state index in [0.717, 1.165) is 44.1 Å². The van der Waals surface area contributed by atoms with Gasteiger partial charge in [0, 0.05) is 5.56 Å². The molecule has 0 bridgehead atoms. The molecule has 0 N–H and O–H groups in total. The predicted octanol–water partition coefficient (Wildman–Crippen LogP) is 9.17. The molecule has 4 rings (SSSR count). The first-order valence-electron chi connectivity index (χ1n) is 13.1. The summed E-state index contributed by atoms with van der Waals surface area (Å²) in [6.07, 6.45) is 6.37. The third kappa shape index (κ3) is 5.93. The van der Waals surface area contributed by atoms with Crippen LogP contribution in [0.25, 0.3) is 11.1 Å². The summed E-state index contributed by atoms with van der Waals surface area (Å²) >= 11 is 0. The SMILES string of the molecule is CCCCOc1ccc(CCc2ccc(-c3ccc(C4CCC(C)CC4)c(F)c3F)cc2)c(F)c1F. The van der Waals surface area contributed by atoms with Crippen LogP contribution in [-0.4, -0.2) is 6.61 Å². The lowest BCUT2D eigenvalue weighted by atomic mass is 9.79. The minimum absolute atomic E-state index is 0.0626. The Morgan fingerprint density at radius 2 is 1.47 bits per heavy atom. The number of aryl methyl sites for hydroxylation is 2. The molecule has 1 saturated carbocycles. The van der Waals surface area contributed by atoms with Crippen molar-refractivity contribution in [3.05, 3.63) is 88.5 Å². The second-order valence-corrected chi connectivity index (χ2v) is 10.0. The summed E-state index contributed by atoms with van der Waals surface area (Å²) in [5.41, 5.74) is 2.48. The maximum absolute atomic E-state index is 15.0. The molecule has 192 valence electrons. The Labute approximate surface area is 211 Å². The van der Waals surface area contributed by atoms with Gasteiger partial charge < -0.3 is 4.74 Å². The molecule has 3 aromatic carbocycles. The highest BCUT2D eigenvalue weighted by Gasteiger charge is 2.25. The fourth-order valence-corrected chi connectivity index (χ4v) is 5.01. The van der Waals surface area contributed by atoms with Gasteiger partial charge in [0.05, 0.1) is 6.61 Å². The van der Waals surface area contributed by atoms with Gasteiger partial charge in [-0.15, -0.1) is 0 Å². The highest BCUT2D eigenvalue weighted by atomic mass is 19.2. The van der Waals surface area contributed by atoms with Crippen LogP contribution in [-0.2, 0) is 12.8 Å². The third-order valence-electron chi connectivity index (χ3n) is 7.40. The number of halogens is 4. The summed E-state index contributed by atoms with van der Waals surface area (Å²) in [6.45, 7) is 4.55. The van der Waals surface area contributed by atoms with Crippen LogP contribution >= 0.6 is 0 Å². The first kappa shape index (κ1) is 26.2. The van der Waals surface area contributed by atoms with Crippen molar-refractivity contribution in [1.29, 1.82) is 0 Å². The zero-order chi connectivity index (χ0) is 25.7. The Morgan fingerprint density at radius 1 is 0.750 bits per heavy atom. The van der Waals surface area contributed by atoms with E-state index in [1.54, 1.807) is 30.3 Å². The molecular weight excluding hydrogens is 464 g/mol. The molecule has 0 unspecified atom stereocenters. The topological polar surface area (TPSA) is 9.23 Å². The van der Waals surface area contributed by atoms with Crippen LogP contribution in [0.5, 0.6) is 5.75 Å². The van der Waals surface area contributed by atoms with E-state index >= 15 is 0 Å². The standard InChI is InChI=1S/C31H34F4O/c1-3-4-19-36-27-18-15-24(28(32)31(27)35)14-9-21-7-12-23(13-8-21)26-17-16-25(29(33)30(26)34)22-10-5-20(2)6-11-22/h7-8,12-13,15-18,20,22H,3-6,9-11,14,19H2,1-2H3. The molecule has 1 aliphatic rings. The summed E-state index contributed by atoms with van der Waals surface area (Å²) in [5.74, 6) is -2.73. The van der Waals surface area contributed by atoms with Gasteiger partial charge in [-0.3, -0.25) is 0 Å². The number of unbranched alkanes of at least 4 members (excludes halogenated alkanes) is 1. The van der Waals surface area contributed by atoms with Gasteiger partial charge in [-0.05, 0) is 72.3 Å². The Bertz CT molecular complexity index is 1160. The molecule has 0 saturated heterocycles. The first-order valence-corrected chi connectivity index (χ1v) is 13.1. The minimum atomic E-state index is -0.956.